The van der Waals surface area contributed by atoms with Crippen LogP contribution in [-0.4, -0.2) is 42.2 Å². The summed E-state index contributed by atoms with van der Waals surface area (Å²) in [4.78, 5) is 19.2. The summed E-state index contributed by atoms with van der Waals surface area (Å²) in [6.45, 7) is 6.28. The zero-order valence-electron chi connectivity index (χ0n) is 19.4. The number of anilines is 1. The zero-order valence-corrected chi connectivity index (χ0v) is 20.3. The van der Waals surface area contributed by atoms with E-state index in [4.69, 9.17) is 4.74 Å². The number of rotatable bonds is 7. The molecule has 2 aromatic carbocycles. The molecule has 34 heavy (non-hydrogen) atoms. The number of carbonyl (C=O) groups is 1. The minimum atomic E-state index is -4.35. The van der Waals surface area contributed by atoms with Gasteiger partial charge in [0.2, 0.25) is 0 Å². The van der Waals surface area contributed by atoms with Gasteiger partial charge in [-0.2, -0.15) is 13.2 Å². The topological polar surface area (TPSA) is 62.1 Å². The van der Waals surface area contributed by atoms with Crippen LogP contribution < -0.4 is 9.64 Å². The van der Waals surface area contributed by atoms with Gasteiger partial charge in [-0.25, -0.2) is 4.79 Å². The molecular formula is C25H27F3N2O3S. The lowest BCUT2D eigenvalue weighted by Gasteiger charge is -2.31. The van der Waals surface area contributed by atoms with Crippen molar-refractivity contribution < 1.29 is 27.8 Å². The first kappa shape index (κ1) is 25.7. The molecule has 0 aliphatic carbocycles. The maximum atomic E-state index is 12.7. The summed E-state index contributed by atoms with van der Waals surface area (Å²) >= 11 is 1.60. The summed E-state index contributed by atoms with van der Waals surface area (Å²) in [6.07, 6.45) is -0.0899. The van der Waals surface area contributed by atoms with Gasteiger partial charge in [-0.15, -0.1) is 11.8 Å². The molecule has 2 aromatic rings. The van der Waals surface area contributed by atoms with Gasteiger partial charge in [0.15, 0.2) is 5.60 Å². The van der Waals surface area contributed by atoms with E-state index in [-0.39, 0.29) is 0 Å². The number of aliphatic carboxylic acids is 1. The van der Waals surface area contributed by atoms with E-state index in [1.807, 2.05) is 25.3 Å². The highest BCUT2D eigenvalue weighted by Crippen LogP contribution is 2.33. The third kappa shape index (κ3) is 6.14. The number of aryl methyl sites for hydroxylation is 1. The first-order valence-electron chi connectivity index (χ1n) is 10.7. The minimum Gasteiger partial charge on any atom is -0.478 e. The maximum absolute atomic E-state index is 12.7. The van der Waals surface area contributed by atoms with Crippen molar-refractivity contribution in [1.82, 2.24) is 0 Å². The average Bonchev–Trinajstić information content (AvgIpc) is 2.78. The molecule has 1 heterocycles. The Labute approximate surface area is 201 Å². The molecule has 1 aliphatic heterocycles. The lowest BCUT2D eigenvalue weighted by atomic mass is 10.1. The van der Waals surface area contributed by atoms with Gasteiger partial charge in [-0.1, -0.05) is 12.1 Å². The summed E-state index contributed by atoms with van der Waals surface area (Å²) in [7, 11) is 0. The molecule has 0 saturated heterocycles. The van der Waals surface area contributed by atoms with Crippen LogP contribution in [0.5, 0.6) is 5.75 Å². The van der Waals surface area contributed by atoms with Crippen molar-refractivity contribution >= 4 is 29.6 Å². The van der Waals surface area contributed by atoms with Crippen molar-refractivity contribution in [2.24, 2.45) is 4.99 Å². The van der Waals surface area contributed by atoms with Gasteiger partial charge in [-0.05, 0) is 68.5 Å². The van der Waals surface area contributed by atoms with Gasteiger partial charge in [0.05, 0.1) is 17.8 Å². The number of thioether (sulfide) groups is 1. The Balaban J connectivity index is 1.73. The molecule has 0 spiro atoms. The van der Waals surface area contributed by atoms with Crippen molar-refractivity contribution in [2.45, 2.75) is 39.0 Å². The summed E-state index contributed by atoms with van der Waals surface area (Å²) in [5.41, 5.74) is 1.36. The van der Waals surface area contributed by atoms with Crippen LogP contribution in [0.4, 0.5) is 18.9 Å². The largest absolute Gasteiger partial charge is 0.478 e. The van der Waals surface area contributed by atoms with Gasteiger partial charge >= 0.3 is 12.1 Å². The number of hydrogen-bond acceptors (Lipinski definition) is 5. The van der Waals surface area contributed by atoms with Crippen LogP contribution >= 0.6 is 11.8 Å². The smallest absolute Gasteiger partial charge is 0.416 e. The highest BCUT2D eigenvalue weighted by atomic mass is 32.2. The van der Waals surface area contributed by atoms with Crippen molar-refractivity contribution in [3.63, 3.8) is 0 Å². The predicted molar refractivity (Wildman–Crippen MR) is 130 cm³/mol. The number of carboxylic acids is 1. The van der Waals surface area contributed by atoms with E-state index < -0.39 is 23.3 Å². The number of halogens is 3. The van der Waals surface area contributed by atoms with Gasteiger partial charge in [0.1, 0.15) is 5.75 Å². The third-order valence-electron chi connectivity index (χ3n) is 5.53. The summed E-state index contributed by atoms with van der Waals surface area (Å²) in [6, 6.07) is 10.6. The molecule has 3 rings (SSSR count). The molecule has 9 heteroatoms. The lowest BCUT2D eigenvalue weighted by molar-refractivity contribution is -0.152. The standard InChI is InChI=1S/C25H27F3N2O3S/c1-16-13-19(9-10-21(16)33-24(2,3)23(31)32)30-12-11-20(22(15-30)34-4)29-14-17-5-7-18(8-6-17)25(26,27)28/h5-10,13-14H,11-12,15H2,1-4H3,(H,31,32). The molecule has 0 unspecified atom stereocenters. The molecule has 1 N–H and O–H groups in total. The number of hydrogen-bond donors (Lipinski definition) is 1. The van der Waals surface area contributed by atoms with Gasteiger partial charge in [-0.3, -0.25) is 4.99 Å². The molecule has 0 atom stereocenters. The summed E-state index contributed by atoms with van der Waals surface area (Å²) in [5.74, 6) is -0.512. The zero-order chi connectivity index (χ0) is 25.1. The van der Waals surface area contributed by atoms with Crippen LogP contribution in [-0.2, 0) is 11.0 Å². The van der Waals surface area contributed by atoms with Crippen LogP contribution in [0.1, 0.15) is 37.0 Å². The Bertz CT molecular complexity index is 1110. The Morgan fingerprint density at radius 2 is 1.85 bits per heavy atom. The molecule has 182 valence electrons. The van der Waals surface area contributed by atoms with Crippen LogP contribution in [0.2, 0.25) is 0 Å². The van der Waals surface area contributed by atoms with Gasteiger partial charge in [0.25, 0.3) is 0 Å². The number of ether oxygens (including phenoxy) is 1. The van der Waals surface area contributed by atoms with E-state index in [0.717, 1.165) is 40.5 Å². The molecule has 5 nitrogen and oxygen atoms in total. The van der Waals surface area contributed by atoms with E-state index >= 15 is 0 Å². The quantitative estimate of drug-likeness (QED) is 0.469. The fraction of sp³-hybridized carbons (Fsp3) is 0.360. The number of alkyl halides is 3. The van der Waals surface area contributed by atoms with Crippen molar-refractivity contribution in [2.75, 3.05) is 24.2 Å². The molecule has 0 radical (unpaired) electrons. The summed E-state index contributed by atoms with van der Waals surface area (Å²) < 4.78 is 43.9. The Morgan fingerprint density at radius 1 is 1.18 bits per heavy atom. The highest BCUT2D eigenvalue weighted by molar-refractivity contribution is 8.02. The molecule has 0 aromatic heterocycles. The minimum absolute atomic E-state index is 0.524. The lowest BCUT2D eigenvalue weighted by Crippen LogP contribution is -2.38. The normalized spacial score (nSPS) is 15.2. The average molecular weight is 493 g/mol. The first-order chi connectivity index (χ1) is 15.9. The van der Waals surface area contributed by atoms with E-state index in [1.54, 1.807) is 24.0 Å². The molecule has 0 saturated carbocycles. The highest BCUT2D eigenvalue weighted by Gasteiger charge is 2.31. The first-order valence-corrected chi connectivity index (χ1v) is 11.9. The van der Waals surface area contributed by atoms with Crippen LogP contribution in [0.25, 0.3) is 0 Å². The van der Waals surface area contributed by atoms with E-state index in [9.17, 15) is 23.1 Å². The second-order valence-electron chi connectivity index (χ2n) is 8.49. The molecule has 0 fully saturated rings. The van der Waals surface area contributed by atoms with Crippen LogP contribution in [0.15, 0.2) is 58.1 Å². The fourth-order valence-electron chi connectivity index (χ4n) is 3.44. The van der Waals surface area contributed by atoms with Crippen molar-refractivity contribution in [3.8, 4) is 5.75 Å². The monoisotopic (exact) mass is 492 g/mol. The Morgan fingerprint density at radius 3 is 2.41 bits per heavy atom. The molecular weight excluding hydrogens is 465 g/mol. The molecule has 1 aliphatic rings. The second-order valence-corrected chi connectivity index (χ2v) is 9.39. The Hall–Kier alpha value is -2.94. The molecule has 0 amide bonds. The molecule has 0 bridgehead atoms. The number of nitrogens with zero attached hydrogens (tertiary/aromatic N) is 2. The van der Waals surface area contributed by atoms with E-state index in [2.05, 4.69) is 9.89 Å². The summed E-state index contributed by atoms with van der Waals surface area (Å²) in [5, 5.41) is 9.30. The second kappa shape index (κ2) is 10.1. The Kier molecular flexibility index (Phi) is 7.65. The van der Waals surface area contributed by atoms with Gasteiger partial charge < -0.3 is 14.7 Å². The predicted octanol–water partition coefficient (Wildman–Crippen LogP) is 6.16. The van der Waals surface area contributed by atoms with Crippen molar-refractivity contribution in [1.29, 1.82) is 0 Å². The van der Waals surface area contributed by atoms with Crippen LogP contribution in [0.3, 0.4) is 0 Å². The van der Waals surface area contributed by atoms with E-state index in [0.29, 0.717) is 24.3 Å². The van der Waals surface area contributed by atoms with Crippen LogP contribution in [0, 0.1) is 6.92 Å². The van der Waals surface area contributed by atoms with E-state index in [1.165, 1.54) is 26.0 Å². The number of benzene rings is 2. The number of carboxylic acid groups (broad SMARTS) is 1. The maximum Gasteiger partial charge on any atom is 0.416 e. The SMILES string of the molecule is CSC1=C(N=Cc2ccc(C(F)(F)F)cc2)CCN(c2ccc(OC(C)(C)C(=O)O)c(C)c2)C1. The third-order valence-corrected chi connectivity index (χ3v) is 6.39. The number of aliphatic imine (C=N–C) groups is 1. The fourth-order valence-corrected chi connectivity index (χ4v) is 4.11. The van der Waals surface area contributed by atoms with Gasteiger partial charge in [0, 0.05) is 29.8 Å². The van der Waals surface area contributed by atoms with Crippen molar-refractivity contribution in [3.05, 3.63) is 69.8 Å².